The molecule has 1 atom stereocenters. The largest absolute Gasteiger partial charge is 0.382 e. The van der Waals surface area contributed by atoms with Crippen molar-refractivity contribution >= 4 is 21.6 Å². The molecule has 0 aliphatic heterocycles. The summed E-state index contributed by atoms with van der Waals surface area (Å²) in [5.41, 5.74) is 2.99. The molecule has 0 saturated carbocycles. The lowest BCUT2D eigenvalue weighted by Crippen LogP contribution is -2.18. The van der Waals surface area contributed by atoms with Crippen LogP contribution in [0.1, 0.15) is 18.1 Å². The van der Waals surface area contributed by atoms with Gasteiger partial charge in [-0.05, 0) is 55.7 Å². The van der Waals surface area contributed by atoms with E-state index < -0.39 is 0 Å². The van der Waals surface area contributed by atoms with E-state index >= 15 is 0 Å². The average molecular weight is 322 g/mol. The lowest BCUT2D eigenvalue weighted by molar-refractivity contribution is 0.601. The Morgan fingerprint density at radius 3 is 2.63 bits per heavy atom. The Morgan fingerprint density at radius 1 is 1.21 bits per heavy atom. The number of benzene rings is 2. The van der Waals surface area contributed by atoms with Gasteiger partial charge in [0.25, 0.3) is 0 Å². The minimum atomic E-state index is -0.137. The molecule has 0 aromatic heterocycles. The van der Waals surface area contributed by atoms with Crippen molar-refractivity contribution in [2.75, 3.05) is 5.32 Å². The molecule has 1 unspecified atom stereocenters. The molecule has 2 aromatic rings. The highest BCUT2D eigenvalue weighted by Gasteiger charge is 2.07. The molecule has 2 rings (SSSR count). The van der Waals surface area contributed by atoms with Crippen LogP contribution in [-0.2, 0) is 6.42 Å². The van der Waals surface area contributed by atoms with Gasteiger partial charge in [0.15, 0.2) is 0 Å². The highest BCUT2D eigenvalue weighted by Crippen LogP contribution is 2.20. The Kier molecular flexibility index (Phi) is 4.59. The van der Waals surface area contributed by atoms with Gasteiger partial charge in [-0.25, -0.2) is 4.39 Å². The monoisotopic (exact) mass is 321 g/mol. The Balaban J connectivity index is 2.05. The summed E-state index contributed by atoms with van der Waals surface area (Å²) in [7, 11) is 0. The van der Waals surface area contributed by atoms with Crippen LogP contribution in [0.3, 0.4) is 0 Å². The highest BCUT2D eigenvalue weighted by atomic mass is 79.9. The first kappa shape index (κ1) is 14.1. The fourth-order valence-corrected chi connectivity index (χ4v) is 2.76. The smallest absolute Gasteiger partial charge is 0.126 e. The van der Waals surface area contributed by atoms with Gasteiger partial charge < -0.3 is 5.32 Å². The van der Waals surface area contributed by atoms with Crippen LogP contribution in [0.25, 0.3) is 0 Å². The van der Waals surface area contributed by atoms with Crippen LogP contribution in [0.4, 0.5) is 10.1 Å². The lowest BCUT2D eigenvalue weighted by atomic mass is 10.1. The molecule has 0 bridgehead atoms. The standard InChI is InChI=1S/C16H17BrFN/c1-11-7-14(17)10-15(8-11)19-12(2)9-13-5-3-4-6-16(13)18/h3-8,10,12,19H,9H2,1-2H3. The Hall–Kier alpha value is -1.35. The number of halogens is 2. The van der Waals surface area contributed by atoms with Gasteiger partial charge in [-0.15, -0.1) is 0 Å². The molecule has 0 fully saturated rings. The van der Waals surface area contributed by atoms with Crippen LogP contribution >= 0.6 is 15.9 Å². The first-order valence-electron chi connectivity index (χ1n) is 6.32. The van der Waals surface area contributed by atoms with E-state index in [4.69, 9.17) is 0 Å². The van der Waals surface area contributed by atoms with Crippen molar-refractivity contribution in [3.63, 3.8) is 0 Å². The molecule has 0 radical (unpaired) electrons. The molecule has 1 nitrogen and oxygen atoms in total. The van der Waals surface area contributed by atoms with Gasteiger partial charge in [-0.3, -0.25) is 0 Å². The quantitative estimate of drug-likeness (QED) is 0.841. The molecule has 0 amide bonds. The topological polar surface area (TPSA) is 12.0 Å². The third kappa shape index (κ3) is 4.06. The molecule has 0 saturated heterocycles. The van der Waals surface area contributed by atoms with Gasteiger partial charge in [-0.1, -0.05) is 34.1 Å². The highest BCUT2D eigenvalue weighted by molar-refractivity contribution is 9.10. The molecular formula is C16H17BrFN. The van der Waals surface area contributed by atoms with E-state index in [1.54, 1.807) is 6.07 Å². The summed E-state index contributed by atoms with van der Waals surface area (Å²) >= 11 is 3.48. The van der Waals surface area contributed by atoms with Crippen LogP contribution in [0.5, 0.6) is 0 Å². The zero-order valence-corrected chi connectivity index (χ0v) is 12.7. The molecule has 100 valence electrons. The number of hydrogen-bond donors (Lipinski definition) is 1. The molecule has 0 aliphatic rings. The number of nitrogens with one attached hydrogen (secondary N) is 1. The molecule has 2 aromatic carbocycles. The third-order valence-electron chi connectivity index (χ3n) is 2.94. The summed E-state index contributed by atoms with van der Waals surface area (Å²) in [4.78, 5) is 0. The number of rotatable bonds is 4. The van der Waals surface area contributed by atoms with Crippen LogP contribution in [-0.4, -0.2) is 6.04 Å². The van der Waals surface area contributed by atoms with Crippen LogP contribution < -0.4 is 5.32 Å². The maximum atomic E-state index is 13.6. The second kappa shape index (κ2) is 6.20. The fraction of sp³-hybridized carbons (Fsp3) is 0.250. The van der Waals surface area contributed by atoms with Crippen molar-refractivity contribution < 1.29 is 4.39 Å². The second-order valence-electron chi connectivity index (χ2n) is 4.86. The first-order valence-corrected chi connectivity index (χ1v) is 7.11. The molecule has 3 heteroatoms. The van der Waals surface area contributed by atoms with E-state index in [1.165, 1.54) is 11.6 Å². The van der Waals surface area contributed by atoms with Gasteiger partial charge in [0.1, 0.15) is 5.82 Å². The maximum Gasteiger partial charge on any atom is 0.126 e. The summed E-state index contributed by atoms with van der Waals surface area (Å²) in [6.45, 7) is 4.11. The van der Waals surface area contributed by atoms with E-state index in [0.29, 0.717) is 6.42 Å². The van der Waals surface area contributed by atoms with Crippen molar-refractivity contribution in [2.24, 2.45) is 0 Å². The zero-order valence-electron chi connectivity index (χ0n) is 11.1. The second-order valence-corrected chi connectivity index (χ2v) is 5.77. The molecule has 0 heterocycles. The van der Waals surface area contributed by atoms with Gasteiger partial charge in [-0.2, -0.15) is 0 Å². The Bertz CT molecular complexity index is 548. The normalized spacial score (nSPS) is 12.2. The van der Waals surface area contributed by atoms with E-state index in [0.717, 1.165) is 15.7 Å². The SMILES string of the molecule is Cc1cc(Br)cc(NC(C)Cc2ccccc2F)c1. The fourth-order valence-electron chi connectivity index (χ4n) is 2.15. The lowest BCUT2D eigenvalue weighted by Gasteiger charge is -2.16. The van der Waals surface area contributed by atoms with Gasteiger partial charge in [0.05, 0.1) is 0 Å². The number of anilines is 1. The predicted molar refractivity (Wildman–Crippen MR) is 82.1 cm³/mol. The Morgan fingerprint density at radius 2 is 1.95 bits per heavy atom. The van der Waals surface area contributed by atoms with E-state index in [1.807, 2.05) is 18.2 Å². The Labute approximate surface area is 122 Å². The predicted octanol–water partition coefficient (Wildman–Crippen LogP) is 4.94. The molecule has 19 heavy (non-hydrogen) atoms. The number of hydrogen-bond acceptors (Lipinski definition) is 1. The van der Waals surface area contributed by atoms with Crippen molar-refractivity contribution in [2.45, 2.75) is 26.3 Å². The molecule has 0 spiro atoms. The summed E-state index contributed by atoms with van der Waals surface area (Å²) in [5, 5.41) is 3.40. The van der Waals surface area contributed by atoms with E-state index in [2.05, 4.69) is 47.2 Å². The van der Waals surface area contributed by atoms with Crippen molar-refractivity contribution in [1.29, 1.82) is 0 Å². The number of aryl methyl sites for hydroxylation is 1. The van der Waals surface area contributed by atoms with Crippen molar-refractivity contribution in [3.8, 4) is 0 Å². The maximum absolute atomic E-state index is 13.6. The zero-order chi connectivity index (χ0) is 13.8. The van der Waals surface area contributed by atoms with Gasteiger partial charge in [0, 0.05) is 16.2 Å². The summed E-state index contributed by atoms with van der Waals surface area (Å²) in [6, 6.07) is 13.3. The van der Waals surface area contributed by atoms with Crippen molar-refractivity contribution in [3.05, 3.63) is 63.9 Å². The minimum Gasteiger partial charge on any atom is -0.382 e. The third-order valence-corrected chi connectivity index (χ3v) is 3.40. The van der Waals surface area contributed by atoms with E-state index in [9.17, 15) is 4.39 Å². The first-order chi connectivity index (χ1) is 9.04. The summed E-state index contributed by atoms with van der Waals surface area (Å²) in [5.74, 6) is -0.137. The van der Waals surface area contributed by atoms with E-state index in [-0.39, 0.29) is 11.9 Å². The van der Waals surface area contributed by atoms with Crippen LogP contribution in [0.15, 0.2) is 46.9 Å². The summed E-state index contributed by atoms with van der Waals surface area (Å²) < 4.78 is 14.6. The van der Waals surface area contributed by atoms with Crippen LogP contribution in [0, 0.1) is 12.7 Å². The minimum absolute atomic E-state index is 0.137. The van der Waals surface area contributed by atoms with Crippen molar-refractivity contribution in [1.82, 2.24) is 0 Å². The van der Waals surface area contributed by atoms with Crippen LogP contribution in [0.2, 0.25) is 0 Å². The summed E-state index contributed by atoms with van der Waals surface area (Å²) in [6.07, 6.45) is 0.665. The molecular weight excluding hydrogens is 305 g/mol. The average Bonchev–Trinajstić information content (AvgIpc) is 2.30. The molecule has 1 N–H and O–H groups in total. The molecule has 0 aliphatic carbocycles. The van der Waals surface area contributed by atoms with Gasteiger partial charge >= 0.3 is 0 Å². The van der Waals surface area contributed by atoms with Gasteiger partial charge in [0.2, 0.25) is 0 Å².